The molecule has 4 nitrogen and oxygen atoms in total. The SMILES string of the molecule is Cc1cccc(C2CC(=O)N(c3ccc(Oc4ccccc4)cc3)C3=C2C(=O)CCC3)c1. The predicted molar refractivity (Wildman–Crippen MR) is 125 cm³/mol. The zero-order chi connectivity index (χ0) is 22.1. The molecule has 1 aliphatic carbocycles. The molecule has 1 aliphatic heterocycles. The van der Waals surface area contributed by atoms with Gasteiger partial charge in [0.05, 0.1) is 0 Å². The summed E-state index contributed by atoms with van der Waals surface area (Å²) in [6, 6.07) is 25.3. The predicted octanol–water partition coefficient (Wildman–Crippen LogP) is 6.31. The van der Waals surface area contributed by atoms with Gasteiger partial charge in [-0.2, -0.15) is 0 Å². The van der Waals surface area contributed by atoms with Gasteiger partial charge in [0.2, 0.25) is 5.91 Å². The highest BCUT2D eigenvalue weighted by atomic mass is 16.5. The van der Waals surface area contributed by atoms with E-state index in [1.807, 2.05) is 79.7 Å². The van der Waals surface area contributed by atoms with E-state index in [0.717, 1.165) is 46.7 Å². The lowest BCUT2D eigenvalue weighted by molar-refractivity contribution is -0.119. The van der Waals surface area contributed by atoms with E-state index in [9.17, 15) is 9.59 Å². The number of Topliss-reactive ketones (excluding diaryl/α,β-unsaturated/α-hetero) is 1. The lowest BCUT2D eigenvalue weighted by Crippen LogP contribution is -2.40. The van der Waals surface area contributed by atoms with Crippen LogP contribution in [0.15, 0.2) is 90.1 Å². The van der Waals surface area contributed by atoms with E-state index in [2.05, 4.69) is 6.07 Å². The summed E-state index contributed by atoms with van der Waals surface area (Å²) < 4.78 is 5.89. The third-order valence-electron chi connectivity index (χ3n) is 6.19. The molecular formula is C28H25NO3. The Morgan fingerprint density at radius 3 is 2.34 bits per heavy atom. The van der Waals surface area contributed by atoms with E-state index in [1.165, 1.54) is 0 Å². The van der Waals surface area contributed by atoms with Crippen LogP contribution < -0.4 is 9.64 Å². The van der Waals surface area contributed by atoms with Crippen molar-refractivity contribution in [2.45, 2.75) is 38.5 Å². The highest BCUT2D eigenvalue weighted by Gasteiger charge is 2.39. The number of nitrogens with zero attached hydrogens (tertiary/aromatic N) is 1. The molecule has 5 rings (SSSR count). The van der Waals surface area contributed by atoms with Crippen molar-refractivity contribution in [2.24, 2.45) is 0 Å². The van der Waals surface area contributed by atoms with Crippen LogP contribution in [0, 0.1) is 6.92 Å². The van der Waals surface area contributed by atoms with Crippen LogP contribution in [0.3, 0.4) is 0 Å². The topological polar surface area (TPSA) is 46.6 Å². The number of ketones is 1. The molecule has 0 bridgehead atoms. The van der Waals surface area contributed by atoms with Crippen LogP contribution in [0.4, 0.5) is 5.69 Å². The summed E-state index contributed by atoms with van der Waals surface area (Å²) in [4.78, 5) is 28.1. The van der Waals surface area contributed by atoms with Crippen molar-refractivity contribution < 1.29 is 14.3 Å². The summed E-state index contributed by atoms with van der Waals surface area (Å²) in [5.74, 6) is 1.50. The lowest BCUT2D eigenvalue weighted by Gasteiger charge is -2.38. The Balaban J connectivity index is 1.50. The molecule has 0 radical (unpaired) electrons. The Morgan fingerprint density at radius 2 is 1.59 bits per heavy atom. The molecule has 1 atom stereocenters. The van der Waals surface area contributed by atoms with Crippen LogP contribution >= 0.6 is 0 Å². The van der Waals surface area contributed by atoms with Crippen LogP contribution in [-0.4, -0.2) is 11.7 Å². The van der Waals surface area contributed by atoms with Gasteiger partial charge in [-0.15, -0.1) is 0 Å². The summed E-state index contributed by atoms with van der Waals surface area (Å²) >= 11 is 0. The van der Waals surface area contributed by atoms with Crippen LogP contribution in [0.25, 0.3) is 0 Å². The zero-order valence-corrected chi connectivity index (χ0v) is 18.1. The molecule has 160 valence electrons. The van der Waals surface area contributed by atoms with E-state index in [0.29, 0.717) is 18.6 Å². The minimum atomic E-state index is -0.165. The standard InChI is InChI=1S/C28H25NO3/c1-19-7-5-8-20(17-19)24-18-27(31)29(25-11-6-12-26(30)28(24)25)21-13-15-23(16-14-21)32-22-9-3-2-4-10-22/h2-5,7-10,13-17,24H,6,11-12,18H2,1H3. The van der Waals surface area contributed by atoms with Gasteiger partial charge in [0.15, 0.2) is 5.78 Å². The van der Waals surface area contributed by atoms with Crippen molar-refractivity contribution >= 4 is 17.4 Å². The van der Waals surface area contributed by atoms with Crippen molar-refractivity contribution in [2.75, 3.05) is 4.90 Å². The maximum atomic E-state index is 13.4. The summed E-state index contributed by atoms with van der Waals surface area (Å²) in [7, 11) is 0. The fourth-order valence-electron chi connectivity index (χ4n) is 4.75. The Hall–Kier alpha value is -3.66. The van der Waals surface area contributed by atoms with E-state index < -0.39 is 0 Å². The van der Waals surface area contributed by atoms with E-state index in [1.54, 1.807) is 4.90 Å². The van der Waals surface area contributed by atoms with Crippen molar-refractivity contribution in [3.05, 3.63) is 101 Å². The van der Waals surface area contributed by atoms with Crippen LogP contribution in [0.5, 0.6) is 11.5 Å². The fourth-order valence-corrected chi connectivity index (χ4v) is 4.75. The number of aryl methyl sites for hydroxylation is 1. The number of ether oxygens (including phenoxy) is 1. The van der Waals surface area contributed by atoms with E-state index in [4.69, 9.17) is 4.74 Å². The monoisotopic (exact) mass is 423 g/mol. The Bertz CT molecular complexity index is 1190. The van der Waals surface area contributed by atoms with Gasteiger partial charge in [-0.3, -0.25) is 14.5 Å². The lowest BCUT2D eigenvalue weighted by atomic mass is 9.77. The summed E-state index contributed by atoms with van der Waals surface area (Å²) in [5, 5.41) is 0. The quantitative estimate of drug-likeness (QED) is 0.494. The maximum Gasteiger partial charge on any atom is 0.232 e. The van der Waals surface area contributed by atoms with E-state index >= 15 is 0 Å². The first-order valence-electron chi connectivity index (χ1n) is 11.1. The molecule has 3 aromatic carbocycles. The van der Waals surface area contributed by atoms with Crippen LogP contribution in [0.1, 0.15) is 42.7 Å². The number of benzene rings is 3. The second-order valence-electron chi connectivity index (χ2n) is 8.45. The van der Waals surface area contributed by atoms with Gasteiger partial charge in [0.25, 0.3) is 0 Å². The summed E-state index contributed by atoms with van der Waals surface area (Å²) in [5.41, 5.74) is 4.64. The van der Waals surface area contributed by atoms with Gasteiger partial charge in [0, 0.05) is 35.7 Å². The Morgan fingerprint density at radius 1 is 0.844 bits per heavy atom. The number of hydrogen-bond acceptors (Lipinski definition) is 3. The molecule has 4 heteroatoms. The average Bonchev–Trinajstić information content (AvgIpc) is 2.80. The first-order valence-corrected chi connectivity index (χ1v) is 11.1. The van der Waals surface area contributed by atoms with Crippen molar-refractivity contribution in [1.29, 1.82) is 0 Å². The molecule has 0 N–H and O–H groups in total. The minimum absolute atomic E-state index is 0.0293. The Labute approximate surface area is 188 Å². The number of amides is 1. The molecule has 0 fully saturated rings. The van der Waals surface area contributed by atoms with Crippen molar-refractivity contribution in [1.82, 2.24) is 0 Å². The highest BCUT2D eigenvalue weighted by molar-refractivity contribution is 6.07. The fraction of sp³-hybridized carbons (Fsp3) is 0.214. The van der Waals surface area contributed by atoms with E-state index in [-0.39, 0.29) is 17.6 Å². The third-order valence-corrected chi connectivity index (χ3v) is 6.19. The number of carbonyl (C=O) groups is 2. The van der Waals surface area contributed by atoms with Crippen LogP contribution in [0.2, 0.25) is 0 Å². The van der Waals surface area contributed by atoms with Gasteiger partial charge in [-0.05, 0) is 61.7 Å². The van der Waals surface area contributed by atoms with Gasteiger partial charge < -0.3 is 4.74 Å². The number of anilines is 1. The summed E-state index contributed by atoms with van der Waals surface area (Å²) in [6.45, 7) is 2.04. The van der Waals surface area contributed by atoms with Gasteiger partial charge in [-0.1, -0.05) is 48.0 Å². The number of carbonyl (C=O) groups excluding carboxylic acids is 2. The molecule has 2 aliphatic rings. The zero-order valence-electron chi connectivity index (χ0n) is 18.1. The smallest absolute Gasteiger partial charge is 0.232 e. The molecule has 0 saturated carbocycles. The normalized spacial score (nSPS) is 18.5. The second kappa shape index (κ2) is 8.46. The van der Waals surface area contributed by atoms with Gasteiger partial charge in [0.1, 0.15) is 11.5 Å². The molecule has 0 spiro atoms. The number of para-hydroxylation sites is 1. The molecule has 0 aromatic heterocycles. The molecule has 1 heterocycles. The second-order valence-corrected chi connectivity index (χ2v) is 8.45. The van der Waals surface area contributed by atoms with Crippen molar-refractivity contribution in [3.8, 4) is 11.5 Å². The first kappa shape index (κ1) is 20.3. The molecular weight excluding hydrogens is 398 g/mol. The molecule has 0 saturated heterocycles. The molecule has 1 unspecified atom stereocenters. The largest absolute Gasteiger partial charge is 0.457 e. The van der Waals surface area contributed by atoms with Gasteiger partial charge >= 0.3 is 0 Å². The third kappa shape index (κ3) is 3.84. The molecule has 32 heavy (non-hydrogen) atoms. The number of hydrogen-bond donors (Lipinski definition) is 0. The molecule has 1 amide bonds. The minimum Gasteiger partial charge on any atom is -0.457 e. The first-order chi connectivity index (χ1) is 15.6. The number of allylic oxidation sites excluding steroid dienone is 2. The average molecular weight is 424 g/mol. The highest BCUT2D eigenvalue weighted by Crippen LogP contribution is 2.43. The van der Waals surface area contributed by atoms with Crippen LogP contribution in [-0.2, 0) is 9.59 Å². The van der Waals surface area contributed by atoms with Gasteiger partial charge in [-0.25, -0.2) is 0 Å². The number of rotatable bonds is 4. The van der Waals surface area contributed by atoms with Crippen molar-refractivity contribution in [3.63, 3.8) is 0 Å². The Kier molecular flexibility index (Phi) is 5.36. The summed E-state index contributed by atoms with van der Waals surface area (Å²) in [6.07, 6.45) is 2.36. The molecule has 3 aromatic rings. The maximum absolute atomic E-state index is 13.4.